The van der Waals surface area contributed by atoms with Gasteiger partial charge in [0.15, 0.2) is 5.69 Å². The highest BCUT2D eigenvalue weighted by atomic mass is 32.2. The molecule has 0 atom stereocenters. The van der Waals surface area contributed by atoms with Gasteiger partial charge >= 0.3 is 5.97 Å². The van der Waals surface area contributed by atoms with Crippen LogP contribution in [0.3, 0.4) is 0 Å². The van der Waals surface area contributed by atoms with E-state index in [2.05, 4.69) is 9.97 Å². The maximum Gasteiger partial charge on any atom is 0.355 e. The van der Waals surface area contributed by atoms with Gasteiger partial charge < -0.3 is 10.8 Å². The summed E-state index contributed by atoms with van der Waals surface area (Å²) in [5, 5.41) is 9.53. The second-order valence-corrected chi connectivity index (χ2v) is 3.94. The normalized spacial score (nSPS) is 10.6. The van der Waals surface area contributed by atoms with E-state index in [1.54, 1.807) is 12.1 Å². The van der Waals surface area contributed by atoms with E-state index >= 15 is 0 Å². The van der Waals surface area contributed by atoms with Crippen LogP contribution in [0.4, 0.5) is 5.95 Å². The number of carbonyl (C=O) groups is 1. The van der Waals surface area contributed by atoms with Crippen LogP contribution < -0.4 is 5.73 Å². The minimum atomic E-state index is -1.10. The molecule has 0 amide bonds. The van der Waals surface area contributed by atoms with Crippen LogP contribution in [0.25, 0.3) is 10.9 Å². The lowest BCUT2D eigenvalue weighted by molar-refractivity contribution is 0.0693. The number of rotatable bonds is 2. The second kappa shape index (κ2) is 3.97. The molecule has 82 valence electrons. The number of para-hydroxylation sites is 1. The van der Waals surface area contributed by atoms with Crippen molar-refractivity contribution in [1.29, 1.82) is 0 Å². The molecule has 0 saturated carbocycles. The monoisotopic (exact) mass is 235 g/mol. The molecule has 0 aliphatic carbocycles. The van der Waals surface area contributed by atoms with Gasteiger partial charge in [0.1, 0.15) is 0 Å². The maximum absolute atomic E-state index is 11.0. The van der Waals surface area contributed by atoms with E-state index in [9.17, 15) is 4.79 Å². The van der Waals surface area contributed by atoms with Gasteiger partial charge in [-0.2, -0.15) is 0 Å². The summed E-state index contributed by atoms with van der Waals surface area (Å²) in [6, 6.07) is 5.32. The third-order valence-electron chi connectivity index (χ3n) is 2.13. The first-order chi connectivity index (χ1) is 7.63. The Morgan fingerprint density at radius 1 is 1.44 bits per heavy atom. The first-order valence-corrected chi connectivity index (χ1v) is 5.69. The summed E-state index contributed by atoms with van der Waals surface area (Å²) >= 11 is 1.49. The molecule has 0 aliphatic rings. The van der Waals surface area contributed by atoms with E-state index in [4.69, 9.17) is 10.8 Å². The summed E-state index contributed by atoms with van der Waals surface area (Å²) in [5.41, 5.74) is 6.02. The fourth-order valence-corrected chi connectivity index (χ4v) is 2.03. The van der Waals surface area contributed by atoms with Crippen LogP contribution >= 0.6 is 11.8 Å². The number of nitrogens with zero attached hydrogens (tertiary/aromatic N) is 2. The SMILES string of the molecule is CSc1cccc2c(C(=O)O)nc(N)nc12. The van der Waals surface area contributed by atoms with Crippen LogP contribution in [0.1, 0.15) is 10.5 Å². The highest BCUT2D eigenvalue weighted by molar-refractivity contribution is 7.98. The van der Waals surface area contributed by atoms with Crippen LogP contribution in [-0.4, -0.2) is 27.3 Å². The summed E-state index contributed by atoms with van der Waals surface area (Å²) < 4.78 is 0. The molecule has 0 bridgehead atoms. The third kappa shape index (κ3) is 1.67. The van der Waals surface area contributed by atoms with Crippen molar-refractivity contribution >= 4 is 34.6 Å². The fourth-order valence-electron chi connectivity index (χ4n) is 1.47. The molecule has 0 fully saturated rings. The number of aromatic nitrogens is 2. The summed E-state index contributed by atoms with van der Waals surface area (Å²) in [6.07, 6.45) is 1.90. The van der Waals surface area contributed by atoms with Crippen LogP contribution in [0.15, 0.2) is 23.1 Å². The summed E-state index contributed by atoms with van der Waals surface area (Å²) in [7, 11) is 0. The number of nitrogen functional groups attached to an aromatic ring is 1. The van der Waals surface area contributed by atoms with Gasteiger partial charge in [-0.15, -0.1) is 11.8 Å². The number of carboxylic acids is 1. The highest BCUT2D eigenvalue weighted by Crippen LogP contribution is 2.26. The van der Waals surface area contributed by atoms with E-state index in [0.29, 0.717) is 10.9 Å². The molecule has 2 rings (SSSR count). The quantitative estimate of drug-likeness (QED) is 0.769. The molecular weight excluding hydrogens is 226 g/mol. The molecule has 5 nitrogen and oxygen atoms in total. The summed E-state index contributed by atoms with van der Waals surface area (Å²) in [4.78, 5) is 19.7. The van der Waals surface area contributed by atoms with Gasteiger partial charge in [-0.25, -0.2) is 14.8 Å². The van der Waals surface area contributed by atoms with E-state index in [0.717, 1.165) is 4.90 Å². The lowest BCUT2D eigenvalue weighted by Crippen LogP contribution is -2.06. The minimum Gasteiger partial charge on any atom is -0.476 e. The van der Waals surface area contributed by atoms with E-state index in [1.165, 1.54) is 11.8 Å². The van der Waals surface area contributed by atoms with Gasteiger partial charge in [-0.3, -0.25) is 0 Å². The van der Waals surface area contributed by atoms with Gasteiger partial charge in [0.2, 0.25) is 5.95 Å². The number of anilines is 1. The fraction of sp³-hybridized carbons (Fsp3) is 0.100. The van der Waals surface area contributed by atoms with Gasteiger partial charge in [-0.1, -0.05) is 12.1 Å². The third-order valence-corrected chi connectivity index (χ3v) is 2.90. The predicted octanol–water partition coefficient (Wildman–Crippen LogP) is 1.63. The van der Waals surface area contributed by atoms with Crippen molar-refractivity contribution in [3.63, 3.8) is 0 Å². The first kappa shape index (κ1) is 10.7. The molecule has 0 aliphatic heterocycles. The molecule has 2 aromatic rings. The number of hydrogen-bond donors (Lipinski definition) is 2. The molecule has 16 heavy (non-hydrogen) atoms. The van der Waals surface area contributed by atoms with Crippen molar-refractivity contribution in [3.8, 4) is 0 Å². The number of fused-ring (bicyclic) bond motifs is 1. The summed E-state index contributed by atoms with van der Waals surface area (Å²) in [5.74, 6) is -1.12. The van der Waals surface area contributed by atoms with Gasteiger partial charge in [0, 0.05) is 10.3 Å². The Bertz CT molecular complexity index is 571. The number of benzene rings is 1. The van der Waals surface area contributed by atoms with Crippen molar-refractivity contribution in [2.24, 2.45) is 0 Å². The highest BCUT2D eigenvalue weighted by Gasteiger charge is 2.14. The predicted molar refractivity (Wildman–Crippen MR) is 62.7 cm³/mol. The van der Waals surface area contributed by atoms with Crippen LogP contribution in [-0.2, 0) is 0 Å². The Morgan fingerprint density at radius 3 is 2.81 bits per heavy atom. The van der Waals surface area contributed by atoms with Crippen LogP contribution in [0.5, 0.6) is 0 Å². The van der Waals surface area contributed by atoms with E-state index in [-0.39, 0.29) is 11.6 Å². The molecule has 0 radical (unpaired) electrons. The Kier molecular flexibility index (Phi) is 2.66. The standard InChI is InChI=1S/C10H9N3O2S/c1-16-6-4-2-3-5-7(6)12-10(11)13-8(5)9(14)15/h2-4H,1H3,(H,14,15)(H2,11,12,13). The number of nitrogens with two attached hydrogens (primary N) is 1. The average molecular weight is 235 g/mol. The zero-order chi connectivity index (χ0) is 11.7. The molecule has 0 spiro atoms. The number of hydrogen-bond acceptors (Lipinski definition) is 5. The molecule has 1 aromatic heterocycles. The molecule has 1 heterocycles. The zero-order valence-electron chi connectivity index (χ0n) is 8.47. The molecule has 0 saturated heterocycles. The van der Waals surface area contributed by atoms with E-state index < -0.39 is 5.97 Å². The molecule has 3 N–H and O–H groups in total. The number of carboxylic acid groups (broad SMARTS) is 1. The Labute approximate surface area is 95.7 Å². The topological polar surface area (TPSA) is 89.1 Å². The first-order valence-electron chi connectivity index (χ1n) is 4.47. The maximum atomic E-state index is 11.0. The van der Waals surface area contributed by atoms with Crippen molar-refractivity contribution in [1.82, 2.24) is 9.97 Å². The molecular formula is C10H9N3O2S. The van der Waals surface area contributed by atoms with Crippen molar-refractivity contribution in [2.75, 3.05) is 12.0 Å². The largest absolute Gasteiger partial charge is 0.476 e. The van der Waals surface area contributed by atoms with Crippen LogP contribution in [0, 0.1) is 0 Å². The van der Waals surface area contributed by atoms with E-state index in [1.807, 2.05) is 12.3 Å². The number of thioether (sulfide) groups is 1. The Hall–Kier alpha value is -1.82. The second-order valence-electron chi connectivity index (χ2n) is 3.09. The van der Waals surface area contributed by atoms with Crippen molar-refractivity contribution in [2.45, 2.75) is 4.90 Å². The molecule has 1 aromatic carbocycles. The smallest absolute Gasteiger partial charge is 0.355 e. The van der Waals surface area contributed by atoms with Gasteiger partial charge in [0.05, 0.1) is 5.52 Å². The molecule has 0 unspecified atom stereocenters. The Balaban J connectivity index is 2.88. The number of aromatic carboxylic acids is 1. The van der Waals surface area contributed by atoms with Crippen molar-refractivity contribution < 1.29 is 9.90 Å². The molecule has 6 heteroatoms. The van der Waals surface area contributed by atoms with Gasteiger partial charge in [0.25, 0.3) is 0 Å². The zero-order valence-corrected chi connectivity index (χ0v) is 9.28. The van der Waals surface area contributed by atoms with Gasteiger partial charge in [-0.05, 0) is 12.3 Å². The van der Waals surface area contributed by atoms with Crippen molar-refractivity contribution in [3.05, 3.63) is 23.9 Å². The van der Waals surface area contributed by atoms with Crippen LogP contribution in [0.2, 0.25) is 0 Å². The Morgan fingerprint density at radius 2 is 2.19 bits per heavy atom. The average Bonchev–Trinajstić information content (AvgIpc) is 2.27. The lowest BCUT2D eigenvalue weighted by Gasteiger charge is -2.05. The minimum absolute atomic E-state index is 0.0219. The summed E-state index contributed by atoms with van der Waals surface area (Å²) in [6.45, 7) is 0. The lowest BCUT2D eigenvalue weighted by atomic mass is 10.2.